The van der Waals surface area contributed by atoms with Gasteiger partial charge in [0.15, 0.2) is 0 Å². The lowest BCUT2D eigenvalue weighted by Gasteiger charge is -2.39. The van der Waals surface area contributed by atoms with Gasteiger partial charge in [0.25, 0.3) is 0 Å². The van der Waals surface area contributed by atoms with Gasteiger partial charge < -0.3 is 19.7 Å². The lowest BCUT2D eigenvalue weighted by Crippen LogP contribution is -2.45. The molecule has 1 heterocycles. The van der Waals surface area contributed by atoms with Gasteiger partial charge in [0.2, 0.25) is 0 Å². The molecule has 0 unspecified atom stereocenters. The fourth-order valence-electron chi connectivity index (χ4n) is 4.55. The van der Waals surface area contributed by atoms with E-state index < -0.39 is 5.60 Å². The van der Waals surface area contributed by atoms with Gasteiger partial charge in [-0.25, -0.2) is 9.59 Å². The van der Waals surface area contributed by atoms with E-state index in [0.717, 1.165) is 49.0 Å². The molecule has 1 amide bonds. The summed E-state index contributed by atoms with van der Waals surface area (Å²) < 4.78 is 10.5. The van der Waals surface area contributed by atoms with Gasteiger partial charge in [-0.3, -0.25) is 9.97 Å². The normalized spacial score (nSPS) is 18.2. The van der Waals surface area contributed by atoms with Gasteiger partial charge >= 0.3 is 12.1 Å². The Hall–Kier alpha value is -3.16. The van der Waals surface area contributed by atoms with Gasteiger partial charge in [0.1, 0.15) is 5.60 Å². The maximum absolute atomic E-state index is 12.6. The van der Waals surface area contributed by atoms with Crippen molar-refractivity contribution in [3.05, 3.63) is 41.9 Å². The number of hydrogen-bond donors (Lipinski definition) is 1. The quantitative estimate of drug-likeness (QED) is 0.603. The third-order valence-corrected chi connectivity index (χ3v) is 6.15. The van der Waals surface area contributed by atoms with E-state index in [0.29, 0.717) is 17.3 Å². The van der Waals surface area contributed by atoms with E-state index >= 15 is 0 Å². The second-order valence-corrected chi connectivity index (χ2v) is 9.69. The van der Waals surface area contributed by atoms with Crippen LogP contribution in [0.15, 0.2) is 30.7 Å². The summed E-state index contributed by atoms with van der Waals surface area (Å²) in [6.45, 7) is 10.5. The Morgan fingerprint density at radius 2 is 1.85 bits per heavy atom. The van der Waals surface area contributed by atoms with Crippen molar-refractivity contribution in [2.45, 2.75) is 78.0 Å². The zero-order valence-electron chi connectivity index (χ0n) is 21.1. The van der Waals surface area contributed by atoms with Crippen molar-refractivity contribution in [2.75, 3.05) is 18.6 Å². The topological polar surface area (TPSA) is 93.7 Å². The molecule has 1 saturated carbocycles. The summed E-state index contributed by atoms with van der Waals surface area (Å²) in [5, 5.41) is 3.01. The molecule has 1 aromatic heterocycles. The van der Waals surface area contributed by atoms with Gasteiger partial charge in [-0.1, -0.05) is 0 Å². The average molecular weight is 469 g/mol. The molecule has 3 rings (SSSR count). The summed E-state index contributed by atoms with van der Waals surface area (Å²) in [5.74, 6) is -0.370. The lowest BCUT2D eigenvalue weighted by molar-refractivity contribution is 0.0490. The van der Waals surface area contributed by atoms with Crippen LogP contribution in [0.3, 0.4) is 0 Å². The van der Waals surface area contributed by atoms with Crippen molar-refractivity contribution in [3.8, 4) is 11.3 Å². The fourth-order valence-corrected chi connectivity index (χ4v) is 4.55. The summed E-state index contributed by atoms with van der Waals surface area (Å²) in [5.41, 5.74) is 3.43. The zero-order chi connectivity index (χ0) is 24.9. The number of rotatable bonds is 6. The standard InChI is InChI=1S/C26H36N4O4/c1-7-30(20-10-8-19(9-11-20)29-25(32)34-26(3,4)5)23-15-18(22-16-27-12-13-28-22)14-21(17(23)2)24(31)33-6/h12-16,19-20H,7-11H2,1-6H3,(H,29,32)/t19-,20-. The minimum absolute atomic E-state index is 0.0995. The van der Waals surface area contributed by atoms with Gasteiger partial charge in [-0.2, -0.15) is 0 Å². The van der Waals surface area contributed by atoms with E-state index in [1.165, 1.54) is 7.11 Å². The SMILES string of the molecule is CCN(c1cc(-c2cnccn2)cc(C(=O)OC)c1C)[C@H]1CC[C@H](NC(=O)OC(C)(C)C)CC1. The molecule has 0 aliphatic heterocycles. The number of carbonyl (C=O) groups is 2. The summed E-state index contributed by atoms with van der Waals surface area (Å²) in [6, 6.07) is 4.30. The number of nitrogens with zero attached hydrogens (tertiary/aromatic N) is 3. The van der Waals surface area contributed by atoms with Crippen LogP contribution in [0.25, 0.3) is 11.3 Å². The molecule has 1 aliphatic rings. The van der Waals surface area contributed by atoms with Crippen molar-refractivity contribution < 1.29 is 19.1 Å². The molecule has 0 atom stereocenters. The van der Waals surface area contributed by atoms with Gasteiger partial charge in [0, 0.05) is 42.3 Å². The lowest BCUT2D eigenvalue weighted by atomic mass is 9.89. The van der Waals surface area contributed by atoms with Crippen LogP contribution in [0.2, 0.25) is 0 Å². The molecular weight excluding hydrogens is 432 g/mol. The molecule has 0 spiro atoms. The van der Waals surface area contributed by atoms with Gasteiger partial charge in [-0.05, 0) is 78.0 Å². The Labute approximate surface area is 202 Å². The molecule has 184 valence electrons. The summed E-state index contributed by atoms with van der Waals surface area (Å²) >= 11 is 0. The van der Waals surface area contributed by atoms with Crippen molar-refractivity contribution in [1.82, 2.24) is 15.3 Å². The Kier molecular flexibility index (Phi) is 8.12. The second-order valence-electron chi connectivity index (χ2n) is 9.69. The number of carbonyl (C=O) groups excluding carboxylic acids is 2. The summed E-state index contributed by atoms with van der Waals surface area (Å²) in [6.07, 6.45) is 8.19. The molecule has 2 aromatic rings. The van der Waals surface area contributed by atoms with E-state index in [2.05, 4.69) is 33.2 Å². The molecule has 1 aliphatic carbocycles. The van der Waals surface area contributed by atoms with Crippen molar-refractivity contribution >= 4 is 17.7 Å². The predicted octanol–water partition coefficient (Wildman–Crippen LogP) is 4.90. The highest BCUT2D eigenvalue weighted by atomic mass is 16.6. The van der Waals surface area contributed by atoms with E-state index in [4.69, 9.17) is 9.47 Å². The highest BCUT2D eigenvalue weighted by Crippen LogP contribution is 2.34. The van der Waals surface area contributed by atoms with Crippen LogP contribution in [0.4, 0.5) is 10.5 Å². The number of nitrogens with one attached hydrogen (secondary N) is 1. The van der Waals surface area contributed by atoms with E-state index in [9.17, 15) is 9.59 Å². The number of ether oxygens (including phenoxy) is 2. The number of alkyl carbamates (subject to hydrolysis) is 1. The molecule has 0 bridgehead atoms. The van der Waals surface area contributed by atoms with Crippen LogP contribution in [-0.2, 0) is 9.47 Å². The van der Waals surface area contributed by atoms with Crippen LogP contribution in [0.5, 0.6) is 0 Å². The fraction of sp³-hybridized carbons (Fsp3) is 0.538. The molecule has 0 saturated heterocycles. The first-order chi connectivity index (χ1) is 16.1. The maximum atomic E-state index is 12.6. The van der Waals surface area contributed by atoms with Gasteiger partial charge in [-0.15, -0.1) is 0 Å². The van der Waals surface area contributed by atoms with Crippen molar-refractivity contribution in [2.24, 2.45) is 0 Å². The van der Waals surface area contributed by atoms with Crippen LogP contribution in [-0.4, -0.2) is 53.4 Å². The molecule has 1 aromatic carbocycles. The molecule has 1 N–H and O–H groups in total. The Bertz CT molecular complexity index is 996. The highest BCUT2D eigenvalue weighted by molar-refractivity contribution is 5.95. The van der Waals surface area contributed by atoms with Crippen molar-refractivity contribution in [1.29, 1.82) is 0 Å². The number of benzene rings is 1. The molecule has 0 radical (unpaired) electrons. The third-order valence-electron chi connectivity index (χ3n) is 6.15. The molecule has 1 fully saturated rings. The monoisotopic (exact) mass is 468 g/mol. The minimum atomic E-state index is -0.511. The van der Waals surface area contributed by atoms with E-state index in [-0.39, 0.29) is 18.1 Å². The number of methoxy groups -OCH3 is 1. The average Bonchev–Trinajstić information content (AvgIpc) is 2.80. The first-order valence-electron chi connectivity index (χ1n) is 11.9. The van der Waals surface area contributed by atoms with Crippen LogP contribution < -0.4 is 10.2 Å². The number of hydrogen-bond acceptors (Lipinski definition) is 7. The van der Waals surface area contributed by atoms with E-state index in [1.807, 2.05) is 33.8 Å². The molecule has 34 heavy (non-hydrogen) atoms. The third kappa shape index (κ3) is 6.24. The number of aromatic nitrogens is 2. The maximum Gasteiger partial charge on any atom is 0.407 e. The number of anilines is 1. The Morgan fingerprint density at radius 1 is 1.15 bits per heavy atom. The highest BCUT2D eigenvalue weighted by Gasteiger charge is 2.29. The first kappa shape index (κ1) is 25.5. The zero-order valence-corrected chi connectivity index (χ0v) is 21.1. The summed E-state index contributed by atoms with van der Waals surface area (Å²) in [7, 11) is 1.40. The predicted molar refractivity (Wildman–Crippen MR) is 132 cm³/mol. The van der Waals surface area contributed by atoms with Crippen LogP contribution in [0.1, 0.15) is 69.3 Å². The number of amides is 1. The van der Waals surface area contributed by atoms with Crippen LogP contribution >= 0.6 is 0 Å². The van der Waals surface area contributed by atoms with Crippen LogP contribution in [0, 0.1) is 6.92 Å². The smallest absolute Gasteiger partial charge is 0.407 e. The largest absolute Gasteiger partial charge is 0.465 e. The number of esters is 1. The Balaban J connectivity index is 1.82. The van der Waals surface area contributed by atoms with Crippen molar-refractivity contribution in [3.63, 3.8) is 0 Å². The molecular formula is C26H36N4O4. The first-order valence-corrected chi connectivity index (χ1v) is 11.9. The second kappa shape index (κ2) is 10.8. The minimum Gasteiger partial charge on any atom is -0.465 e. The summed E-state index contributed by atoms with van der Waals surface area (Å²) in [4.78, 5) is 35.7. The molecule has 8 nitrogen and oxygen atoms in total. The van der Waals surface area contributed by atoms with E-state index in [1.54, 1.807) is 18.6 Å². The Morgan fingerprint density at radius 3 is 2.41 bits per heavy atom. The molecule has 8 heteroatoms. The van der Waals surface area contributed by atoms with Gasteiger partial charge in [0.05, 0.1) is 24.6 Å².